The highest BCUT2D eigenvalue weighted by Gasteiger charge is 2.15. The molecule has 1 aromatic carbocycles. The van der Waals surface area contributed by atoms with E-state index in [2.05, 4.69) is 31.1 Å². The molecule has 1 aromatic heterocycles. The fourth-order valence-electron chi connectivity index (χ4n) is 2.04. The first-order valence-corrected chi connectivity index (χ1v) is 6.84. The predicted octanol–water partition coefficient (Wildman–Crippen LogP) is 3.39. The van der Waals surface area contributed by atoms with Crippen LogP contribution in [0.2, 0.25) is 0 Å². The number of ether oxygens (including phenoxy) is 1. The van der Waals surface area contributed by atoms with E-state index < -0.39 is 0 Å². The maximum Gasteiger partial charge on any atom is 0.356 e. The number of rotatable bonds is 4. The molecule has 0 atom stereocenters. The molecule has 0 aliphatic rings. The number of esters is 1. The minimum Gasteiger partial charge on any atom is -0.461 e. The standard InChI is InChI=1S/C16H20N2O2/c1-5-20-16(19)15-10-14(17-18(15)4)13-8-6-12(7-9-13)11(2)3/h6-11H,5H2,1-4H3. The SMILES string of the molecule is CCOC(=O)c1cc(-c2ccc(C(C)C)cc2)nn1C. The van der Waals surface area contributed by atoms with Gasteiger partial charge in [-0.25, -0.2) is 4.79 Å². The molecule has 0 radical (unpaired) electrons. The summed E-state index contributed by atoms with van der Waals surface area (Å²) in [5, 5.41) is 4.37. The Morgan fingerprint density at radius 2 is 1.95 bits per heavy atom. The van der Waals surface area contributed by atoms with E-state index >= 15 is 0 Å². The molecule has 106 valence electrons. The van der Waals surface area contributed by atoms with Crippen LogP contribution in [-0.4, -0.2) is 22.4 Å². The van der Waals surface area contributed by atoms with Crippen molar-refractivity contribution in [2.45, 2.75) is 26.7 Å². The first kappa shape index (κ1) is 14.3. The van der Waals surface area contributed by atoms with Crippen molar-refractivity contribution in [3.8, 4) is 11.3 Å². The number of nitrogens with zero attached hydrogens (tertiary/aromatic N) is 2. The van der Waals surface area contributed by atoms with Gasteiger partial charge in [0, 0.05) is 12.6 Å². The number of carbonyl (C=O) groups is 1. The largest absolute Gasteiger partial charge is 0.461 e. The molecule has 20 heavy (non-hydrogen) atoms. The third-order valence-corrected chi connectivity index (χ3v) is 3.24. The summed E-state index contributed by atoms with van der Waals surface area (Å²) in [4.78, 5) is 11.8. The van der Waals surface area contributed by atoms with Gasteiger partial charge in [0.2, 0.25) is 0 Å². The lowest BCUT2D eigenvalue weighted by molar-refractivity contribution is 0.0513. The Hall–Kier alpha value is -2.10. The van der Waals surface area contributed by atoms with Crippen LogP contribution in [0, 0.1) is 0 Å². The van der Waals surface area contributed by atoms with E-state index in [0.29, 0.717) is 18.2 Å². The molecule has 0 bridgehead atoms. The van der Waals surface area contributed by atoms with E-state index in [4.69, 9.17) is 4.74 Å². The molecule has 0 N–H and O–H groups in total. The zero-order chi connectivity index (χ0) is 14.7. The maximum absolute atomic E-state index is 11.8. The van der Waals surface area contributed by atoms with Gasteiger partial charge in [-0.2, -0.15) is 5.10 Å². The average molecular weight is 272 g/mol. The molecule has 0 amide bonds. The van der Waals surface area contributed by atoms with Crippen molar-refractivity contribution in [3.05, 3.63) is 41.6 Å². The molecule has 0 fully saturated rings. The lowest BCUT2D eigenvalue weighted by Gasteiger charge is -2.05. The van der Waals surface area contributed by atoms with Gasteiger partial charge in [0.15, 0.2) is 0 Å². The number of benzene rings is 1. The van der Waals surface area contributed by atoms with E-state index in [0.717, 1.165) is 11.3 Å². The molecule has 4 nitrogen and oxygen atoms in total. The van der Waals surface area contributed by atoms with Crippen molar-refractivity contribution in [1.29, 1.82) is 0 Å². The van der Waals surface area contributed by atoms with Crippen LogP contribution in [0.15, 0.2) is 30.3 Å². The first-order valence-electron chi connectivity index (χ1n) is 6.84. The highest BCUT2D eigenvalue weighted by molar-refractivity contribution is 5.89. The summed E-state index contributed by atoms with van der Waals surface area (Å²) in [6, 6.07) is 10.0. The van der Waals surface area contributed by atoms with Crippen molar-refractivity contribution in [3.63, 3.8) is 0 Å². The molecular weight excluding hydrogens is 252 g/mol. The van der Waals surface area contributed by atoms with Gasteiger partial charge < -0.3 is 4.74 Å². The maximum atomic E-state index is 11.8. The van der Waals surface area contributed by atoms with E-state index in [1.165, 1.54) is 5.56 Å². The summed E-state index contributed by atoms with van der Waals surface area (Å²) in [5.74, 6) is 0.162. The second kappa shape index (κ2) is 5.90. The monoisotopic (exact) mass is 272 g/mol. The van der Waals surface area contributed by atoms with Crippen molar-refractivity contribution in [2.24, 2.45) is 7.05 Å². The summed E-state index contributed by atoms with van der Waals surface area (Å²) < 4.78 is 6.57. The summed E-state index contributed by atoms with van der Waals surface area (Å²) >= 11 is 0. The predicted molar refractivity (Wildman–Crippen MR) is 78.7 cm³/mol. The van der Waals surface area contributed by atoms with E-state index in [-0.39, 0.29) is 5.97 Å². The van der Waals surface area contributed by atoms with E-state index in [1.807, 2.05) is 12.1 Å². The quantitative estimate of drug-likeness (QED) is 0.801. The second-order valence-electron chi connectivity index (χ2n) is 5.04. The van der Waals surface area contributed by atoms with Crippen LogP contribution in [0.4, 0.5) is 0 Å². The van der Waals surface area contributed by atoms with Crippen LogP contribution in [0.5, 0.6) is 0 Å². The summed E-state index contributed by atoms with van der Waals surface area (Å²) in [7, 11) is 1.75. The smallest absolute Gasteiger partial charge is 0.356 e. The van der Waals surface area contributed by atoms with Gasteiger partial charge in [0.25, 0.3) is 0 Å². The number of carbonyl (C=O) groups excluding carboxylic acids is 1. The Kier molecular flexibility index (Phi) is 4.23. The van der Waals surface area contributed by atoms with Gasteiger partial charge in [0.05, 0.1) is 12.3 Å². The Balaban J connectivity index is 2.29. The van der Waals surface area contributed by atoms with Crippen LogP contribution < -0.4 is 0 Å². The van der Waals surface area contributed by atoms with Crippen molar-refractivity contribution in [1.82, 2.24) is 9.78 Å². The number of hydrogen-bond acceptors (Lipinski definition) is 3. The van der Waals surface area contributed by atoms with E-state index in [9.17, 15) is 4.79 Å². The van der Waals surface area contributed by atoms with Crippen molar-refractivity contribution < 1.29 is 9.53 Å². The lowest BCUT2D eigenvalue weighted by Crippen LogP contribution is -2.10. The van der Waals surface area contributed by atoms with Crippen molar-refractivity contribution >= 4 is 5.97 Å². The van der Waals surface area contributed by atoms with Crippen molar-refractivity contribution in [2.75, 3.05) is 6.61 Å². The average Bonchev–Trinajstić information content (AvgIpc) is 2.81. The Morgan fingerprint density at radius 3 is 2.50 bits per heavy atom. The zero-order valence-corrected chi connectivity index (χ0v) is 12.4. The Labute approximate surface area is 119 Å². The highest BCUT2D eigenvalue weighted by Crippen LogP contribution is 2.22. The van der Waals surface area contributed by atoms with Gasteiger partial charge >= 0.3 is 5.97 Å². The number of aryl methyl sites for hydroxylation is 1. The molecule has 2 aromatic rings. The van der Waals surface area contributed by atoms with Crippen LogP contribution in [0.1, 0.15) is 42.7 Å². The minimum absolute atomic E-state index is 0.340. The van der Waals surface area contributed by atoms with E-state index in [1.54, 1.807) is 24.7 Å². The normalized spacial score (nSPS) is 10.8. The van der Waals surface area contributed by atoms with Crippen LogP contribution in [0.3, 0.4) is 0 Å². The summed E-state index contributed by atoms with van der Waals surface area (Å²) in [6.45, 7) is 6.48. The molecule has 0 aliphatic carbocycles. The fraction of sp³-hybridized carbons (Fsp3) is 0.375. The van der Waals surface area contributed by atoms with Crippen LogP contribution in [0.25, 0.3) is 11.3 Å². The molecule has 4 heteroatoms. The fourth-order valence-corrected chi connectivity index (χ4v) is 2.04. The second-order valence-corrected chi connectivity index (χ2v) is 5.04. The highest BCUT2D eigenvalue weighted by atomic mass is 16.5. The molecule has 0 saturated carbocycles. The Bertz CT molecular complexity index is 597. The van der Waals surface area contributed by atoms with Gasteiger partial charge in [-0.3, -0.25) is 4.68 Å². The topological polar surface area (TPSA) is 44.1 Å². The molecule has 0 saturated heterocycles. The van der Waals surface area contributed by atoms with Gasteiger partial charge in [-0.05, 0) is 24.5 Å². The van der Waals surface area contributed by atoms with Gasteiger partial charge in [0.1, 0.15) is 5.69 Å². The van der Waals surface area contributed by atoms with Crippen LogP contribution in [-0.2, 0) is 11.8 Å². The lowest BCUT2D eigenvalue weighted by atomic mass is 10.0. The molecule has 0 unspecified atom stereocenters. The third kappa shape index (κ3) is 2.90. The summed E-state index contributed by atoms with van der Waals surface area (Å²) in [5.41, 5.74) is 3.54. The minimum atomic E-state index is -0.340. The molecule has 2 rings (SSSR count). The Morgan fingerprint density at radius 1 is 1.30 bits per heavy atom. The molecular formula is C16H20N2O2. The first-order chi connectivity index (χ1) is 9.52. The third-order valence-electron chi connectivity index (χ3n) is 3.24. The molecule has 0 spiro atoms. The zero-order valence-electron chi connectivity index (χ0n) is 12.4. The number of hydrogen-bond donors (Lipinski definition) is 0. The molecule has 0 aliphatic heterocycles. The van der Waals surface area contributed by atoms with Crippen LogP contribution >= 0.6 is 0 Å². The number of aromatic nitrogens is 2. The molecule has 1 heterocycles. The summed E-state index contributed by atoms with van der Waals surface area (Å²) in [6.07, 6.45) is 0. The van der Waals surface area contributed by atoms with Gasteiger partial charge in [-0.1, -0.05) is 38.1 Å². The van der Waals surface area contributed by atoms with Gasteiger partial charge in [-0.15, -0.1) is 0 Å².